The molecule has 4 rings (SSSR count). The highest BCUT2D eigenvalue weighted by atomic mass is 35.5. The van der Waals surface area contributed by atoms with Crippen LogP contribution in [0.15, 0.2) is 65.3 Å². The summed E-state index contributed by atoms with van der Waals surface area (Å²) in [7, 11) is 0. The third-order valence-electron chi connectivity index (χ3n) is 4.19. The van der Waals surface area contributed by atoms with E-state index < -0.39 is 0 Å². The van der Waals surface area contributed by atoms with E-state index in [1.54, 1.807) is 28.8 Å². The summed E-state index contributed by atoms with van der Waals surface area (Å²) >= 11 is 7.55. The minimum atomic E-state index is -0.0929. The Morgan fingerprint density at radius 2 is 2.07 bits per heavy atom. The molecule has 0 aliphatic carbocycles. The van der Waals surface area contributed by atoms with Crippen LogP contribution in [0.3, 0.4) is 0 Å². The van der Waals surface area contributed by atoms with E-state index in [2.05, 4.69) is 16.5 Å². The number of allylic oxidation sites excluding steroid dienone is 1. The molecule has 0 aliphatic heterocycles. The smallest absolute Gasteiger partial charge is 0.262 e. The van der Waals surface area contributed by atoms with Gasteiger partial charge in [0.25, 0.3) is 5.56 Å². The standard InChI is InChI=1S/C20H17ClN4OS/c1-3-8-25-19(26)16-6-5-14(21)9-17(16)23-20(25)27-12-15-11-24-10-13(2)4-7-18(24)22-15/h3-7,9-11H,1,8,12H2,2H3. The Morgan fingerprint density at radius 3 is 2.89 bits per heavy atom. The average Bonchev–Trinajstić information content (AvgIpc) is 3.04. The van der Waals surface area contributed by atoms with E-state index in [4.69, 9.17) is 11.6 Å². The Hall–Kier alpha value is -2.57. The molecule has 136 valence electrons. The third kappa shape index (κ3) is 3.50. The molecule has 0 N–H and O–H groups in total. The first kappa shape index (κ1) is 17.8. The Kier molecular flexibility index (Phi) is 4.76. The van der Waals surface area contributed by atoms with Crippen molar-refractivity contribution in [3.63, 3.8) is 0 Å². The first-order chi connectivity index (χ1) is 13.0. The van der Waals surface area contributed by atoms with Crippen molar-refractivity contribution in [2.24, 2.45) is 0 Å². The lowest BCUT2D eigenvalue weighted by Gasteiger charge is -2.11. The number of hydrogen-bond acceptors (Lipinski definition) is 4. The van der Waals surface area contributed by atoms with Gasteiger partial charge in [-0.2, -0.15) is 0 Å². The van der Waals surface area contributed by atoms with E-state index in [1.807, 2.05) is 35.9 Å². The third-order valence-corrected chi connectivity index (χ3v) is 5.44. The van der Waals surface area contributed by atoms with Crippen molar-refractivity contribution in [2.75, 3.05) is 0 Å². The fourth-order valence-electron chi connectivity index (χ4n) is 2.94. The molecular weight excluding hydrogens is 380 g/mol. The van der Waals surface area contributed by atoms with E-state index in [9.17, 15) is 4.79 Å². The zero-order valence-corrected chi connectivity index (χ0v) is 16.3. The van der Waals surface area contributed by atoms with Gasteiger partial charge in [-0.3, -0.25) is 9.36 Å². The van der Waals surface area contributed by atoms with Crippen LogP contribution in [-0.4, -0.2) is 18.9 Å². The van der Waals surface area contributed by atoms with E-state index in [-0.39, 0.29) is 5.56 Å². The van der Waals surface area contributed by atoms with Crippen LogP contribution < -0.4 is 5.56 Å². The van der Waals surface area contributed by atoms with Crippen molar-refractivity contribution in [2.45, 2.75) is 24.4 Å². The molecule has 0 radical (unpaired) electrons. The second kappa shape index (κ2) is 7.21. The molecule has 0 spiro atoms. The van der Waals surface area contributed by atoms with Crippen LogP contribution in [0.4, 0.5) is 0 Å². The fraction of sp³-hybridized carbons (Fsp3) is 0.150. The van der Waals surface area contributed by atoms with Crippen LogP contribution >= 0.6 is 23.4 Å². The molecule has 7 heteroatoms. The number of benzene rings is 1. The van der Waals surface area contributed by atoms with Crippen LogP contribution in [0.2, 0.25) is 5.02 Å². The molecule has 0 aliphatic rings. The molecule has 4 aromatic rings. The van der Waals surface area contributed by atoms with Gasteiger partial charge in [0.15, 0.2) is 5.16 Å². The van der Waals surface area contributed by atoms with Crippen LogP contribution in [0.1, 0.15) is 11.3 Å². The lowest BCUT2D eigenvalue weighted by atomic mass is 10.2. The van der Waals surface area contributed by atoms with Crippen LogP contribution in [0.25, 0.3) is 16.6 Å². The number of thioether (sulfide) groups is 1. The quantitative estimate of drug-likeness (QED) is 0.283. The number of hydrogen-bond donors (Lipinski definition) is 0. The van der Waals surface area contributed by atoms with Gasteiger partial charge in [-0.05, 0) is 36.8 Å². The summed E-state index contributed by atoms with van der Waals surface area (Å²) in [4.78, 5) is 22.1. The van der Waals surface area contributed by atoms with Gasteiger partial charge in [0.1, 0.15) is 5.65 Å². The maximum Gasteiger partial charge on any atom is 0.262 e. The molecule has 0 saturated carbocycles. The Bertz CT molecular complexity index is 1230. The van der Waals surface area contributed by atoms with Crippen molar-refractivity contribution in [1.82, 2.24) is 18.9 Å². The number of rotatable bonds is 5. The summed E-state index contributed by atoms with van der Waals surface area (Å²) in [6.07, 6.45) is 5.74. The SMILES string of the molecule is C=CCn1c(SCc2cn3cc(C)ccc3n2)nc2cc(Cl)ccc2c1=O. The zero-order valence-electron chi connectivity index (χ0n) is 14.7. The maximum atomic E-state index is 12.8. The second-order valence-electron chi connectivity index (χ2n) is 6.25. The lowest BCUT2D eigenvalue weighted by molar-refractivity contribution is 0.671. The number of pyridine rings is 1. The summed E-state index contributed by atoms with van der Waals surface area (Å²) in [5, 5.41) is 1.74. The van der Waals surface area contributed by atoms with E-state index in [1.165, 1.54) is 17.3 Å². The number of aryl methyl sites for hydroxylation is 1. The van der Waals surface area contributed by atoms with Gasteiger partial charge in [0.2, 0.25) is 0 Å². The molecular formula is C20H17ClN4OS. The predicted octanol–water partition coefficient (Wildman–Crippen LogP) is 4.48. The zero-order chi connectivity index (χ0) is 19.0. The summed E-state index contributed by atoms with van der Waals surface area (Å²) in [6, 6.07) is 9.17. The topological polar surface area (TPSA) is 52.2 Å². The van der Waals surface area contributed by atoms with Crippen molar-refractivity contribution >= 4 is 39.9 Å². The Morgan fingerprint density at radius 1 is 1.22 bits per heavy atom. The van der Waals surface area contributed by atoms with Gasteiger partial charge in [0, 0.05) is 29.7 Å². The predicted molar refractivity (Wildman–Crippen MR) is 111 cm³/mol. The second-order valence-corrected chi connectivity index (χ2v) is 7.63. The van der Waals surface area contributed by atoms with Gasteiger partial charge < -0.3 is 4.40 Å². The molecule has 0 bridgehead atoms. The maximum absolute atomic E-state index is 12.8. The Labute approximate surface area is 165 Å². The molecule has 5 nitrogen and oxygen atoms in total. The highest BCUT2D eigenvalue weighted by Crippen LogP contribution is 2.23. The fourth-order valence-corrected chi connectivity index (χ4v) is 4.00. The van der Waals surface area contributed by atoms with Gasteiger partial charge in [-0.1, -0.05) is 35.5 Å². The van der Waals surface area contributed by atoms with Crippen molar-refractivity contribution < 1.29 is 0 Å². The van der Waals surface area contributed by atoms with Gasteiger partial charge in [-0.25, -0.2) is 9.97 Å². The van der Waals surface area contributed by atoms with Gasteiger partial charge >= 0.3 is 0 Å². The minimum absolute atomic E-state index is 0.0929. The highest BCUT2D eigenvalue weighted by Gasteiger charge is 2.12. The molecule has 0 saturated heterocycles. The molecule has 3 heterocycles. The molecule has 0 fully saturated rings. The molecule has 3 aromatic heterocycles. The monoisotopic (exact) mass is 396 g/mol. The Balaban J connectivity index is 1.71. The summed E-state index contributed by atoms with van der Waals surface area (Å²) in [6.45, 7) is 6.20. The first-order valence-corrected chi connectivity index (χ1v) is 9.79. The first-order valence-electron chi connectivity index (χ1n) is 8.43. The van der Waals surface area contributed by atoms with Crippen molar-refractivity contribution in [3.8, 4) is 0 Å². The molecule has 0 amide bonds. The number of fused-ring (bicyclic) bond motifs is 2. The van der Waals surface area contributed by atoms with E-state index in [0.29, 0.717) is 33.4 Å². The highest BCUT2D eigenvalue weighted by molar-refractivity contribution is 7.98. The average molecular weight is 397 g/mol. The number of imidazole rings is 1. The normalized spacial score (nSPS) is 11.3. The number of aromatic nitrogens is 4. The summed E-state index contributed by atoms with van der Waals surface area (Å²) in [5.41, 5.74) is 3.51. The van der Waals surface area contributed by atoms with E-state index >= 15 is 0 Å². The number of halogens is 1. The van der Waals surface area contributed by atoms with Crippen molar-refractivity contribution in [3.05, 3.63) is 82.0 Å². The van der Waals surface area contributed by atoms with Crippen LogP contribution in [-0.2, 0) is 12.3 Å². The molecule has 27 heavy (non-hydrogen) atoms. The van der Waals surface area contributed by atoms with Crippen LogP contribution in [0, 0.1) is 6.92 Å². The summed E-state index contributed by atoms with van der Waals surface area (Å²) in [5.74, 6) is 0.608. The molecule has 1 aromatic carbocycles. The summed E-state index contributed by atoms with van der Waals surface area (Å²) < 4.78 is 3.64. The largest absolute Gasteiger partial charge is 0.307 e. The minimum Gasteiger partial charge on any atom is -0.307 e. The van der Waals surface area contributed by atoms with Gasteiger partial charge in [0.05, 0.1) is 16.6 Å². The molecule has 0 unspecified atom stereocenters. The lowest BCUT2D eigenvalue weighted by Crippen LogP contribution is -2.22. The van der Waals surface area contributed by atoms with E-state index in [0.717, 1.165) is 11.3 Å². The van der Waals surface area contributed by atoms with Crippen molar-refractivity contribution in [1.29, 1.82) is 0 Å². The van der Waals surface area contributed by atoms with Gasteiger partial charge in [-0.15, -0.1) is 6.58 Å². The number of nitrogens with zero attached hydrogens (tertiary/aromatic N) is 4. The van der Waals surface area contributed by atoms with Crippen LogP contribution in [0.5, 0.6) is 0 Å². The molecule has 0 atom stereocenters.